The van der Waals surface area contributed by atoms with Gasteiger partial charge in [-0.3, -0.25) is 0 Å². The normalized spacial score (nSPS) is 12.1. The Morgan fingerprint density at radius 1 is 1.00 bits per heavy atom. The summed E-state index contributed by atoms with van der Waals surface area (Å²) in [6, 6.07) is 7.90. The molecule has 0 aliphatic heterocycles. The van der Waals surface area contributed by atoms with Crippen LogP contribution in [-0.2, 0) is 0 Å². The predicted octanol–water partition coefficient (Wildman–Crippen LogP) is 5.13. The average Bonchev–Trinajstić information content (AvgIpc) is 2.48. The van der Waals surface area contributed by atoms with Crippen molar-refractivity contribution in [3.05, 3.63) is 57.9 Å². The SMILES string of the molecule is COc1cc(C)c(C(Cl)c2cc(Cl)ccc2F)cc1OC. The van der Waals surface area contributed by atoms with E-state index in [2.05, 4.69) is 0 Å². The largest absolute Gasteiger partial charge is 0.493 e. The van der Waals surface area contributed by atoms with Crippen LogP contribution < -0.4 is 9.47 Å². The van der Waals surface area contributed by atoms with E-state index in [4.69, 9.17) is 32.7 Å². The number of rotatable bonds is 4. The molecule has 0 aliphatic rings. The molecule has 0 N–H and O–H groups in total. The Morgan fingerprint density at radius 2 is 1.62 bits per heavy atom. The van der Waals surface area contributed by atoms with Gasteiger partial charge in [-0.1, -0.05) is 11.6 Å². The van der Waals surface area contributed by atoms with Gasteiger partial charge in [-0.25, -0.2) is 4.39 Å². The Balaban J connectivity index is 2.52. The third kappa shape index (κ3) is 3.25. The second-order valence-electron chi connectivity index (χ2n) is 4.59. The molecule has 5 heteroatoms. The number of aryl methyl sites for hydroxylation is 1. The first-order valence-corrected chi connectivity index (χ1v) is 7.11. The molecule has 0 saturated heterocycles. The fraction of sp³-hybridized carbons (Fsp3) is 0.250. The van der Waals surface area contributed by atoms with Crippen LogP contribution >= 0.6 is 23.2 Å². The van der Waals surface area contributed by atoms with Gasteiger partial charge in [0.1, 0.15) is 5.82 Å². The highest BCUT2D eigenvalue weighted by Crippen LogP contribution is 2.39. The van der Waals surface area contributed by atoms with E-state index < -0.39 is 11.2 Å². The van der Waals surface area contributed by atoms with Gasteiger partial charge in [-0.05, 0) is 48.4 Å². The molecule has 112 valence electrons. The number of ether oxygens (including phenoxy) is 2. The van der Waals surface area contributed by atoms with Crippen molar-refractivity contribution in [1.29, 1.82) is 0 Å². The van der Waals surface area contributed by atoms with Crippen molar-refractivity contribution in [3.63, 3.8) is 0 Å². The van der Waals surface area contributed by atoms with Crippen molar-refractivity contribution in [2.24, 2.45) is 0 Å². The van der Waals surface area contributed by atoms with Crippen LogP contribution in [0.15, 0.2) is 30.3 Å². The van der Waals surface area contributed by atoms with Crippen molar-refractivity contribution < 1.29 is 13.9 Å². The third-order valence-electron chi connectivity index (χ3n) is 3.28. The summed E-state index contributed by atoms with van der Waals surface area (Å²) < 4.78 is 24.5. The number of methoxy groups -OCH3 is 2. The number of hydrogen-bond donors (Lipinski definition) is 0. The molecule has 0 aliphatic carbocycles. The van der Waals surface area contributed by atoms with Crippen molar-refractivity contribution >= 4 is 23.2 Å². The standard InChI is InChI=1S/C16H15Cl2FO2/c1-9-6-14(20-2)15(21-3)8-11(9)16(18)12-7-10(17)4-5-13(12)19/h4-8,16H,1-3H3. The van der Waals surface area contributed by atoms with E-state index >= 15 is 0 Å². The molecular weight excluding hydrogens is 314 g/mol. The van der Waals surface area contributed by atoms with E-state index in [9.17, 15) is 4.39 Å². The highest BCUT2D eigenvalue weighted by Gasteiger charge is 2.20. The molecule has 0 heterocycles. The van der Waals surface area contributed by atoms with E-state index in [1.54, 1.807) is 20.3 Å². The molecule has 2 rings (SSSR count). The zero-order valence-corrected chi connectivity index (χ0v) is 13.4. The minimum absolute atomic E-state index is 0.333. The highest BCUT2D eigenvalue weighted by atomic mass is 35.5. The molecule has 2 nitrogen and oxygen atoms in total. The van der Waals surface area contributed by atoms with Gasteiger partial charge < -0.3 is 9.47 Å². The van der Waals surface area contributed by atoms with Gasteiger partial charge in [0, 0.05) is 10.6 Å². The zero-order chi connectivity index (χ0) is 15.6. The fourth-order valence-electron chi connectivity index (χ4n) is 2.15. The van der Waals surface area contributed by atoms with Crippen molar-refractivity contribution in [3.8, 4) is 11.5 Å². The Hall–Kier alpha value is -1.45. The maximum absolute atomic E-state index is 14.0. The van der Waals surface area contributed by atoms with Crippen molar-refractivity contribution in [1.82, 2.24) is 0 Å². The van der Waals surface area contributed by atoms with Crippen LogP contribution in [0.2, 0.25) is 5.02 Å². The fourth-order valence-corrected chi connectivity index (χ4v) is 2.73. The van der Waals surface area contributed by atoms with Gasteiger partial charge in [-0.15, -0.1) is 11.6 Å². The van der Waals surface area contributed by atoms with Crippen LogP contribution in [-0.4, -0.2) is 14.2 Å². The highest BCUT2D eigenvalue weighted by molar-refractivity contribution is 6.31. The lowest BCUT2D eigenvalue weighted by atomic mass is 9.99. The number of benzene rings is 2. The molecule has 0 fully saturated rings. The molecule has 0 amide bonds. The van der Waals surface area contributed by atoms with Gasteiger partial charge in [0.2, 0.25) is 0 Å². The summed E-state index contributed by atoms with van der Waals surface area (Å²) in [6.07, 6.45) is 0. The molecule has 0 spiro atoms. The van der Waals surface area contributed by atoms with Gasteiger partial charge >= 0.3 is 0 Å². The Kier molecular flexibility index (Phi) is 4.96. The molecule has 0 bridgehead atoms. The van der Waals surface area contributed by atoms with Gasteiger partial charge in [-0.2, -0.15) is 0 Å². The second-order valence-corrected chi connectivity index (χ2v) is 5.47. The molecular formula is C16H15Cl2FO2. The van der Waals surface area contributed by atoms with Crippen LogP contribution in [0.5, 0.6) is 11.5 Å². The number of alkyl halides is 1. The molecule has 0 radical (unpaired) electrons. The average molecular weight is 329 g/mol. The smallest absolute Gasteiger partial charge is 0.161 e. The molecule has 2 aromatic carbocycles. The number of hydrogen-bond acceptors (Lipinski definition) is 2. The summed E-state index contributed by atoms with van der Waals surface area (Å²) in [4.78, 5) is 0. The van der Waals surface area contributed by atoms with E-state index in [1.165, 1.54) is 18.2 Å². The molecule has 1 atom stereocenters. The molecule has 0 saturated carbocycles. The Labute approximate surface area is 133 Å². The maximum Gasteiger partial charge on any atom is 0.161 e. The minimum atomic E-state index is -0.663. The molecule has 1 unspecified atom stereocenters. The van der Waals surface area contributed by atoms with Crippen LogP contribution in [0.1, 0.15) is 22.1 Å². The zero-order valence-electron chi connectivity index (χ0n) is 11.9. The summed E-state index contributed by atoms with van der Waals surface area (Å²) in [5.41, 5.74) is 1.96. The lowest BCUT2D eigenvalue weighted by Gasteiger charge is -2.17. The Bertz CT molecular complexity index is 659. The van der Waals surface area contributed by atoms with Crippen molar-refractivity contribution in [2.45, 2.75) is 12.3 Å². The van der Waals surface area contributed by atoms with E-state index in [0.29, 0.717) is 22.1 Å². The summed E-state index contributed by atoms with van der Waals surface area (Å²) in [6.45, 7) is 1.88. The summed E-state index contributed by atoms with van der Waals surface area (Å²) >= 11 is 12.4. The minimum Gasteiger partial charge on any atom is -0.493 e. The monoisotopic (exact) mass is 328 g/mol. The molecule has 2 aromatic rings. The lowest BCUT2D eigenvalue weighted by Crippen LogP contribution is -2.01. The predicted molar refractivity (Wildman–Crippen MR) is 83.4 cm³/mol. The quantitative estimate of drug-likeness (QED) is 0.724. The second kappa shape index (κ2) is 6.54. The molecule has 0 aromatic heterocycles. The van der Waals surface area contributed by atoms with Crippen molar-refractivity contribution in [2.75, 3.05) is 14.2 Å². The van der Waals surface area contributed by atoms with Crippen LogP contribution in [0.3, 0.4) is 0 Å². The van der Waals surface area contributed by atoms with E-state index in [1.807, 2.05) is 13.0 Å². The van der Waals surface area contributed by atoms with Crippen LogP contribution in [0.4, 0.5) is 4.39 Å². The Morgan fingerprint density at radius 3 is 2.24 bits per heavy atom. The summed E-state index contributed by atoms with van der Waals surface area (Å²) in [5.74, 6) is 0.758. The third-order valence-corrected chi connectivity index (χ3v) is 3.98. The number of halogens is 3. The first-order valence-electron chi connectivity index (χ1n) is 6.29. The van der Waals surface area contributed by atoms with Crippen LogP contribution in [0.25, 0.3) is 0 Å². The maximum atomic E-state index is 14.0. The summed E-state index contributed by atoms with van der Waals surface area (Å²) in [7, 11) is 3.10. The first kappa shape index (κ1) is 15.9. The van der Waals surface area contributed by atoms with E-state index in [0.717, 1.165) is 11.1 Å². The van der Waals surface area contributed by atoms with E-state index in [-0.39, 0.29) is 0 Å². The van der Waals surface area contributed by atoms with Gasteiger partial charge in [0.15, 0.2) is 11.5 Å². The van der Waals surface area contributed by atoms with Gasteiger partial charge in [0.25, 0.3) is 0 Å². The lowest BCUT2D eigenvalue weighted by molar-refractivity contribution is 0.354. The first-order chi connectivity index (χ1) is 9.97. The van der Waals surface area contributed by atoms with Gasteiger partial charge in [0.05, 0.1) is 19.6 Å². The topological polar surface area (TPSA) is 18.5 Å². The summed E-state index contributed by atoms with van der Waals surface area (Å²) in [5, 5.41) is -0.223. The van der Waals surface area contributed by atoms with Crippen LogP contribution in [0, 0.1) is 12.7 Å². The molecule has 21 heavy (non-hydrogen) atoms.